The lowest BCUT2D eigenvalue weighted by Gasteiger charge is -2.09. The maximum Gasteiger partial charge on any atom is 0.308 e. The minimum absolute atomic E-state index is 0.127. The van der Waals surface area contributed by atoms with Gasteiger partial charge in [0, 0.05) is 5.69 Å². The average molecular weight is 335 g/mol. The smallest absolute Gasteiger partial charge is 0.308 e. The molecule has 7 heteroatoms. The predicted octanol–water partition coefficient (Wildman–Crippen LogP) is 2.43. The predicted molar refractivity (Wildman–Crippen MR) is 85.8 cm³/mol. The van der Waals surface area contributed by atoms with Gasteiger partial charge in [-0.1, -0.05) is 18.2 Å². The highest BCUT2D eigenvalue weighted by atomic mass is 32.2. The molecule has 0 atom stereocenters. The molecule has 2 rings (SSSR count). The van der Waals surface area contributed by atoms with Gasteiger partial charge >= 0.3 is 5.97 Å². The number of carbonyl (C=O) groups excluding carboxylic acids is 1. The van der Waals surface area contributed by atoms with Gasteiger partial charge in [-0.3, -0.25) is 9.52 Å². The monoisotopic (exact) mass is 335 g/mol. The molecule has 0 unspecified atom stereocenters. The van der Waals surface area contributed by atoms with Gasteiger partial charge in [0.25, 0.3) is 10.0 Å². The molecule has 0 aliphatic heterocycles. The van der Waals surface area contributed by atoms with Gasteiger partial charge in [-0.2, -0.15) is 0 Å². The van der Waals surface area contributed by atoms with E-state index in [1.54, 1.807) is 30.3 Å². The van der Waals surface area contributed by atoms with E-state index in [-0.39, 0.29) is 23.9 Å². The van der Waals surface area contributed by atoms with Crippen molar-refractivity contribution < 1.29 is 22.7 Å². The lowest BCUT2D eigenvalue weighted by atomic mass is 10.3. The minimum Gasteiger partial charge on any atom is -0.493 e. The van der Waals surface area contributed by atoms with E-state index in [0.717, 1.165) is 0 Å². The largest absolute Gasteiger partial charge is 0.493 e. The molecule has 0 aliphatic carbocycles. The van der Waals surface area contributed by atoms with Gasteiger partial charge in [-0.15, -0.1) is 0 Å². The van der Waals surface area contributed by atoms with E-state index in [9.17, 15) is 13.2 Å². The standard InChI is InChI=1S/C16H17NO5S/c1-21-16(18)11-12-22-14-7-9-15(10-8-14)23(19,20)17-13-5-3-2-4-6-13/h2-10,17H,11-12H2,1H3. The van der Waals surface area contributed by atoms with E-state index in [4.69, 9.17) is 4.74 Å². The van der Waals surface area contributed by atoms with Crippen LogP contribution in [0.4, 0.5) is 5.69 Å². The third-order valence-corrected chi connectivity index (χ3v) is 4.36. The summed E-state index contributed by atoms with van der Waals surface area (Å²) in [4.78, 5) is 11.1. The van der Waals surface area contributed by atoms with Crippen molar-refractivity contribution in [2.45, 2.75) is 11.3 Å². The normalized spacial score (nSPS) is 10.8. The number of nitrogens with one attached hydrogen (secondary N) is 1. The van der Waals surface area contributed by atoms with E-state index < -0.39 is 10.0 Å². The van der Waals surface area contributed by atoms with Crippen molar-refractivity contribution in [1.29, 1.82) is 0 Å². The molecule has 0 amide bonds. The van der Waals surface area contributed by atoms with E-state index >= 15 is 0 Å². The fourth-order valence-electron chi connectivity index (χ4n) is 1.79. The van der Waals surface area contributed by atoms with Crippen LogP contribution >= 0.6 is 0 Å². The molecule has 2 aromatic carbocycles. The minimum atomic E-state index is -3.65. The Kier molecular flexibility index (Phi) is 5.59. The maximum atomic E-state index is 12.2. The molecule has 0 bridgehead atoms. The number of sulfonamides is 1. The number of methoxy groups -OCH3 is 1. The number of rotatable bonds is 7. The number of para-hydroxylation sites is 1. The molecule has 0 aromatic heterocycles. The van der Waals surface area contributed by atoms with Crippen molar-refractivity contribution in [2.75, 3.05) is 18.4 Å². The Morgan fingerprint density at radius 3 is 2.30 bits per heavy atom. The Morgan fingerprint density at radius 2 is 1.70 bits per heavy atom. The van der Waals surface area contributed by atoms with Crippen LogP contribution in [0.5, 0.6) is 5.75 Å². The summed E-state index contributed by atoms with van der Waals surface area (Å²) in [7, 11) is -2.34. The van der Waals surface area contributed by atoms with Crippen LogP contribution in [0.3, 0.4) is 0 Å². The number of ether oxygens (including phenoxy) is 2. The van der Waals surface area contributed by atoms with Gasteiger partial charge in [0.1, 0.15) is 5.75 Å². The summed E-state index contributed by atoms with van der Waals surface area (Å²) < 4.78 is 36.8. The third kappa shape index (κ3) is 5.00. The Hall–Kier alpha value is -2.54. The molecule has 0 spiro atoms. The summed E-state index contributed by atoms with van der Waals surface area (Å²) in [5.74, 6) is 0.115. The number of anilines is 1. The zero-order valence-corrected chi connectivity index (χ0v) is 13.4. The SMILES string of the molecule is COC(=O)CCOc1ccc(S(=O)(=O)Nc2ccccc2)cc1. The quantitative estimate of drug-likeness (QED) is 0.786. The molecule has 122 valence electrons. The average Bonchev–Trinajstić information content (AvgIpc) is 2.55. The van der Waals surface area contributed by atoms with Crippen molar-refractivity contribution in [2.24, 2.45) is 0 Å². The molecule has 0 saturated heterocycles. The highest BCUT2D eigenvalue weighted by Crippen LogP contribution is 2.19. The first kappa shape index (κ1) is 16.8. The van der Waals surface area contributed by atoms with Crippen LogP contribution in [0.25, 0.3) is 0 Å². The van der Waals surface area contributed by atoms with Crippen molar-refractivity contribution in [3.8, 4) is 5.75 Å². The van der Waals surface area contributed by atoms with Crippen LogP contribution in [-0.4, -0.2) is 28.1 Å². The first-order chi connectivity index (χ1) is 11.0. The van der Waals surface area contributed by atoms with Crippen LogP contribution in [0.15, 0.2) is 59.5 Å². The zero-order chi connectivity index (χ0) is 16.7. The van der Waals surface area contributed by atoms with Crippen LogP contribution in [0, 0.1) is 0 Å². The highest BCUT2D eigenvalue weighted by molar-refractivity contribution is 7.92. The molecule has 0 saturated carbocycles. The lowest BCUT2D eigenvalue weighted by molar-refractivity contribution is -0.141. The van der Waals surface area contributed by atoms with Gasteiger partial charge in [-0.05, 0) is 36.4 Å². The maximum absolute atomic E-state index is 12.2. The van der Waals surface area contributed by atoms with E-state index in [0.29, 0.717) is 11.4 Å². The number of hydrogen-bond acceptors (Lipinski definition) is 5. The molecule has 0 radical (unpaired) electrons. The third-order valence-electron chi connectivity index (χ3n) is 2.96. The zero-order valence-electron chi connectivity index (χ0n) is 12.6. The summed E-state index contributed by atoms with van der Waals surface area (Å²) in [5.41, 5.74) is 0.492. The van der Waals surface area contributed by atoms with Crippen LogP contribution in [-0.2, 0) is 19.6 Å². The fraction of sp³-hybridized carbons (Fsp3) is 0.188. The molecule has 23 heavy (non-hydrogen) atoms. The lowest BCUT2D eigenvalue weighted by Crippen LogP contribution is -2.12. The van der Waals surface area contributed by atoms with Gasteiger partial charge in [0.05, 0.1) is 25.0 Å². The molecule has 0 heterocycles. The summed E-state index contributed by atoms with van der Waals surface area (Å²) >= 11 is 0. The van der Waals surface area contributed by atoms with Crippen molar-refractivity contribution >= 4 is 21.7 Å². The number of carbonyl (C=O) groups is 1. The molecule has 1 N–H and O–H groups in total. The summed E-state index contributed by atoms with van der Waals surface area (Å²) in [6.07, 6.45) is 0.131. The van der Waals surface area contributed by atoms with Crippen molar-refractivity contribution in [3.05, 3.63) is 54.6 Å². The number of benzene rings is 2. The van der Waals surface area contributed by atoms with E-state index in [1.165, 1.54) is 31.4 Å². The van der Waals surface area contributed by atoms with Crippen LogP contribution < -0.4 is 9.46 Å². The van der Waals surface area contributed by atoms with Gasteiger partial charge < -0.3 is 9.47 Å². The molecular formula is C16H17NO5S. The second-order valence-electron chi connectivity index (χ2n) is 4.62. The summed E-state index contributed by atoms with van der Waals surface area (Å²) in [6, 6.07) is 14.6. The second-order valence-corrected chi connectivity index (χ2v) is 6.30. The Labute approximate surface area is 135 Å². The van der Waals surface area contributed by atoms with Gasteiger partial charge in [-0.25, -0.2) is 8.42 Å². The molecular weight excluding hydrogens is 318 g/mol. The molecule has 2 aromatic rings. The van der Waals surface area contributed by atoms with Crippen molar-refractivity contribution in [1.82, 2.24) is 0 Å². The molecule has 6 nitrogen and oxygen atoms in total. The van der Waals surface area contributed by atoms with Crippen LogP contribution in [0.1, 0.15) is 6.42 Å². The van der Waals surface area contributed by atoms with E-state index in [2.05, 4.69) is 9.46 Å². The summed E-state index contributed by atoms with van der Waals surface area (Å²) in [5, 5.41) is 0. The Bertz CT molecular complexity index is 742. The first-order valence-corrected chi connectivity index (χ1v) is 8.37. The first-order valence-electron chi connectivity index (χ1n) is 6.89. The van der Waals surface area contributed by atoms with Gasteiger partial charge in [0.2, 0.25) is 0 Å². The van der Waals surface area contributed by atoms with Crippen molar-refractivity contribution in [3.63, 3.8) is 0 Å². The van der Waals surface area contributed by atoms with Gasteiger partial charge in [0.15, 0.2) is 0 Å². The molecule has 0 aliphatic rings. The Morgan fingerprint density at radius 1 is 1.04 bits per heavy atom. The number of hydrogen-bond donors (Lipinski definition) is 1. The second kappa shape index (κ2) is 7.64. The summed E-state index contributed by atoms with van der Waals surface area (Å²) in [6.45, 7) is 0.168. The van der Waals surface area contributed by atoms with Crippen LogP contribution in [0.2, 0.25) is 0 Å². The highest BCUT2D eigenvalue weighted by Gasteiger charge is 2.14. The van der Waals surface area contributed by atoms with E-state index in [1.807, 2.05) is 0 Å². The fourth-order valence-corrected chi connectivity index (χ4v) is 2.85. The topological polar surface area (TPSA) is 81.7 Å². The number of esters is 1. The Balaban J connectivity index is 1.99. The molecule has 0 fully saturated rings.